The van der Waals surface area contributed by atoms with Crippen LogP contribution in [0, 0.1) is 11.3 Å². The summed E-state index contributed by atoms with van der Waals surface area (Å²) in [6.07, 6.45) is 8.24. The summed E-state index contributed by atoms with van der Waals surface area (Å²) < 4.78 is 6.75. The number of pyridine rings is 2. The Hall–Kier alpha value is -4.65. The van der Waals surface area contributed by atoms with Crippen LogP contribution in [0.1, 0.15) is 30.4 Å². The Labute approximate surface area is 287 Å². The second kappa shape index (κ2) is 13.8. The van der Waals surface area contributed by atoms with Gasteiger partial charge in [0.05, 0.1) is 29.1 Å². The molecule has 2 fully saturated rings. The first kappa shape index (κ1) is 31.9. The topological polar surface area (TPSA) is 88.8 Å². The number of likely N-dealkylation sites (N-methyl/N-ethyl adjacent to an activating group) is 1. The summed E-state index contributed by atoms with van der Waals surface area (Å²) in [6.45, 7) is 8.29. The Morgan fingerprint density at radius 1 is 1.08 bits per heavy atom. The number of carbonyl (C=O) groups excluding carboxylic acids is 1. The van der Waals surface area contributed by atoms with Gasteiger partial charge in [0, 0.05) is 73.4 Å². The zero-order chi connectivity index (χ0) is 33.2. The first-order valence-electron chi connectivity index (χ1n) is 16.7. The number of piperazine rings is 1. The molecular formula is C38H40ClN7O2. The number of aromatic nitrogens is 2. The maximum absolute atomic E-state index is 12.7. The standard InChI is InChI=1S/C38H40ClN7O2/c1-3-34(47)46-21-20-45(23-28(46)14-16-40)37-30-15-19-44(33-13-5-9-26-8-4-12-32(39)36(26)33)24-31(30)35(27-10-6-17-41-22-27)38(42-37)48-25-29-11-7-18-43(29)2/h3-6,8-10,12-13,17,22,28-29H,1,7,11,14-15,18-21,23-25H2,2H3/t28-,29-/m0/s1. The molecular weight excluding hydrogens is 622 g/mol. The minimum absolute atomic E-state index is 0.147. The van der Waals surface area contributed by atoms with Gasteiger partial charge in [-0.15, -0.1) is 0 Å². The molecule has 246 valence electrons. The largest absolute Gasteiger partial charge is 0.475 e. The third kappa shape index (κ3) is 6.07. The molecule has 2 saturated heterocycles. The van der Waals surface area contributed by atoms with E-state index in [0.717, 1.165) is 76.3 Å². The molecule has 3 aliphatic heterocycles. The molecule has 2 aromatic heterocycles. The van der Waals surface area contributed by atoms with Gasteiger partial charge in [-0.05, 0) is 68.1 Å². The fourth-order valence-corrected chi connectivity index (χ4v) is 7.89. The Bertz CT molecular complexity index is 1870. The number of likely N-dealkylation sites (tertiary alicyclic amines) is 1. The molecule has 7 rings (SSSR count). The normalized spacial score (nSPS) is 19.6. The number of rotatable bonds is 8. The third-order valence-corrected chi connectivity index (χ3v) is 10.4. The van der Waals surface area contributed by atoms with Gasteiger partial charge in [-0.25, -0.2) is 0 Å². The summed E-state index contributed by atoms with van der Waals surface area (Å²) >= 11 is 6.83. The van der Waals surface area contributed by atoms with Crippen LogP contribution in [0.25, 0.3) is 21.9 Å². The van der Waals surface area contributed by atoms with Gasteiger partial charge in [0.15, 0.2) is 0 Å². The molecule has 0 aliphatic carbocycles. The van der Waals surface area contributed by atoms with E-state index in [4.69, 9.17) is 21.3 Å². The smallest absolute Gasteiger partial charge is 0.246 e. The Morgan fingerprint density at radius 2 is 1.94 bits per heavy atom. The number of fused-ring (bicyclic) bond motifs is 2. The SMILES string of the molecule is C=CC(=O)N1CCN(c2nc(OC[C@@H]3CCCN3C)c(-c3cccnc3)c3c2CCN(c2cccc4cccc(Cl)c24)C3)C[C@@H]1CC#N. The molecule has 0 spiro atoms. The van der Waals surface area contributed by atoms with Crippen molar-refractivity contribution in [1.29, 1.82) is 5.26 Å². The van der Waals surface area contributed by atoms with Crippen molar-refractivity contribution in [3.63, 3.8) is 0 Å². The lowest BCUT2D eigenvalue weighted by Crippen LogP contribution is -2.55. The highest BCUT2D eigenvalue weighted by Crippen LogP contribution is 2.44. The number of hydrogen-bond acceptors (Lipinski definition) is 8. The van der Waals surface area contributed by atoms with Crippen molar-refractivity contribution >= 4 is 39.8 Å². The lowest BCUT2D eigenvalue weighted by Gasteiger charge is -2.43. The molecule has 10 heteroatoms. The van der Waals surface area contributed by atoms with Crippen molar-refractivity contribution in [3.8, 4) is 23.1 Å². The highest BCUT2D eigenvalue weighted by molar-refractivity contribution is 6.36. The van der Waals surface area contributed by atoms with Crippen molar-refractivity contribution in [2.24, 2.45) is 0 Å². The molecule has 5 heterocycles. The number of amides is 1. The monoisotopic (exact) mass is 661 g/mol. The van der Waals surface area contributed by atoms with Crippen LogP contribution in [-0.2, 0) is 17.8 Å². The van der Waals surface area contributed by atoms with E-state index in [1.165, 1.54) is 11.6 Å². The Morgan fingerprint density at radius 3 is 2.69 bits per heavy atom. The summed E-state index contributed by atoms with van der Waals surface area (Å²) in [6, 6.07) is 18.8. The van der Waals surface area contributed by atoms with Crippen molar-refractivity contribution in [3.05, 3.63) is 89.7 Å². The molecule has 2 aromatic carbocycles. The van der Waals surface area contributed by atoms with Gasteiger partial charge < -0.3 is 24.3 Å². The molecule has 0 bridgehead atoms. The van der Waals surface area contributed by atoms with Crippen LogP contribution in [0.5, 0.6) is 5.88 Å². The van der Waals surface area contributed by atoms with Crippen LogP contribution >= 0.6 is 11.6 Å². The first-order chi connectivity index (χ1) is 23.5. The van der Waals surface area contributed by atoms with Gasteiger partial charge in [0.25, 0.3) is 0 Å². The number of ether oxygens (including phenoxy) is 1. The van der Waals surface area contributed by atoms with Crippen molar-refractivity contribution in [2.75, 3.05) is 56.2 Å². The van der Waals surface area contributed by atoms with Crippen LogP contribution in [-0.4, -0.2) is 84.1 Å². The summed E-state index contributed by atoms with van der Waals surface area (Å²) in [4.78, 5) is 31.3. The first-order valence-corrected chi connectivity index (χ1v) is 17.1. The van der Waals surface area contributed by atoms with Crippen molar-refractivity contribution in [2.45, 2.75) is 44.3 Å². The van der Waals surface area contributed by atoms with E-state index in [1.807, 2.05) is 24.4 Å². The number of nitrogens with zero attached hydrogens (tertiary/aromatic N) is 7. The molecule has 4 aromatic rings. The van der Waals surface area contributed by atoms with Crippen LogP contribution in [0.3, 0.4) is 0 Å². The van der Waals surface area contributed by atoms with Gasteiger partial charge in [0.1, 0.15) is 12.4 Å². The molecule has 1 amide bonds. The molecule has 0 unspecified atom stereocenters. The maximum atomic E-state index is 12.7. The Balaban J connectivity index is 1.36. The molecule has 0 radical (unpaired) electrons. The minimum atomic E-state index is -0.265. The van der Waals surface area contributed by atoms with Gasteiger partial charge >= 0.3 is 0 Å². The lowest BCUT2D eigenvalue weighted by atomic mass is 9.91. The van der Waals surface area contributed by atoms with Gasteiger partial charge in [-0.3, -0.25) is 9.78 Å². The van der Waals surface area contributed by atoms with Gasteiger partial charge in [-0.1, -0.05) is 48.5 Å². The predicted octanol–water partition coefficient (Wildman–Crippen LogP) is 6.10. The van der Waals surface area contributed by atoms with E-state index in [0.29, 0.717) is 44.7 Å². The molecule has 0 saturated carbocycles. The number of nitriles is 1. The Kier molecular flexibility index (Phi) is 9.20. The number of hydrogen-bond donors (Lipinski definition) is 0. The summed E-state index contributed by atoms with van der Waals surface area (Å²) in [7, 11) is 2.15. The zero-order valence-electron chi connectivity index (χ0n) is 27.3. The van der Waals surface area contributed by atoms with Crippen LogP contribution in [0.4, 0.5) is 11.5 Å². The molecule has 3 aliphatic rings. The van der Waals surface area contributed by atoms with E-state index in [1.54, 1.807) is 11.1 Å². The number of anilines is 2. The maximum Gasteiger partial charge on any atom is 0.246 e. The average Bonchev–Trinajstić information content (AvgIpc) is 3.54. The highest BCUT2D eigenvalue weighted by atomic mass is 35.5. The summed E-state index contributed by atoms with van der Waals surface area (Å²) in [5, 5.41) is 12.6. The van der Waals surface area contributed by atoms with Gasteiger partial charge in [0.2, 0.25) is 11.8 Å². The fourth-order valence-electron chi connectivity index (χ4n) is 7.61. The molecule has 48 heavy (non-hydrogen) atoms. The highest BCUT2D eigenvalue weighted by Gasteiger charge is 2.35. The average molecular weight is 662 g/mol. The van der Waals surface area contributed by atoms with Crippen LogP contribution in [0.2, 0.25) is 5.02 Å². The fraction of sp³-hybridized carbons (Fsp3) is 0.368. The number of halogens is 1. The van der Waals surface area contributed by atoms with Crippen molar-refractivity contribution < 1.29 is 9.53 Å². The predicted molar refractivity (Wildman–Crippen MR) is 190 cm³/mol. The van der Waals surface area contributed by atoms with E-state index in [-0.39, 0.29) is 18.4 Å². The van der Waals surface area contributed by atoms with Crippen LogP contribution < -0.4 is 14.5 Å². The molecule has 9 nitrogen and oxygen atoms in total. The molecule has 0 N–H and O–H groups in total. The zero-order valence-corrected chi connectivity index (χ0v) is 28.1. The van der Waals surface area contributed by atoms with E-state index in [2.05, 4.69) is 69.7 Å². The summed E-state index contributed by atoms with van der Waals surface area (Å²) in [5.41, 5.74) is 5.34. The van der Waals surface area contributed by atoms with Crippen LogP contribution in [0.15, 0.2) is 73.6 Å². The lowest BCUT2D eigenvalue weighted by molar-refractivity contribution is -0.128. The van der Waals surface area contributed by atoms with E-state index >= 15 is 0 Å². The van der Waals surface area contributed by atoms with E-state index < -0.39 is 0 Å². The number of benzene rings is 2. The summed E-state index contributed by atoms with van der Waals surface area (Å²) in [5.74, 6) is 1.32. The molecule has 2 atom stereocenters. The van der Waals surface area contributed by atoms with E-state index in [9.17, 15) is 10.1 Å². The number of carbonyl (C=O) groups is 1. The quantitative estimate of drug-likeness (QED) is 0.209. The second-order valence-electron chi connectivity index (χ2n) is 12.9. The van der Waals surface area contributed by atoms with Crippen molar-refractivity contribution in [1.82, 2.24) is 19.8 Å². The minimum Gasteiger partial charge on any atom is -0.475 e. The third-order valence-electron chi connectivity index (χ3n) is 10.1. The van der Waals surface area contributed by atoms with Gasteiger partial charge in [-0.2, -0.15) is 10.2 Å². The second-order valence-corrected chi connectivity index (χ2v) is 13.3.